The third kappa shape index (κ3) is 5.17. The molecule has 0 fully saturated rings. The zero-order valence-electron chi connectivity index (χ0n) is 2.67. The number of alkyl halides is 1. The fraction of sp³-hybridized carbons (Fsp3) is 1.00. The average Bonchev–Trinajstić information content (AvgIpc) is 1.41. The molecule has 0 aliphatic rings. The second kappa shape index (κ2) is 5.17. The van der Waals surface area contributed by atoms with Crippen molar-refractivity contribution in [3.63, 3.8) is 0 Å². The van der Waals surface area contributed by atoms with Gasteiger partial charge in [-0.2, -0.15) is 0 Å². The Morgan fingerprint density at radius 2 is 2.40 bits per heavy atom. The van der Waals surface area contributed by atoms with Gasteiger partial charge in [0, 0.05) is 34.7 Å². The summed E-state index contributed by atoms with van der Waals surface area (Å²) in [6, 6.07) is 0. The van der Waals surface area contributed by atoms with Crippen molar-refractivity contribution in [1.82, 2.24) is 3.53 Å². The van der Waals surface area contributed by atoms with E-state index in [-0.39, 0.29) is 0 Å². The van der Waals surface area contributed by atoms with Gasteiger partial charge in [-0.1, -0.05) is 15.9 Å². The lowest BCUT2D eigenvalue weighted by Crippen LogP contribution is -1.98. The lowest BCUT2D eigenvalue weighted by molar-refractivity contribution is 1.10. The molecule has 0 rings (SSSR count). The van der Waals surface area contributed by atoms with Gasteiger partial charge in [-0.3, -0.25) is 3.53 Å². The second-order valence-corrected chi connectivity index (χ2v) is 2.13. The molecular formula is C2H5BrIN. The Bertz CT molecular complexity index is 17.1. The van der Waals surface area contributed by atoms with E-state index >= 15 is 0 Å². The van der Waals surface area contributed by atoms with Crippen molar-refractivity contribution in [1.29, 1.82) is 0 Å². The van der Waals surface area contributed by atoms with Gasteiger partial charge in [-0.25, -0.2) is 0 Å². The van der Waals surface area contributed by atoms with Crippen LogP contribution in [0.25, 0.3) is 0 Å². The predicted octanol–water partition coefficient (Wildman–Crippen LogP) is 1.32. The molecule has 0 bridgehead atoms. The highest BCUT2D eigenvalue weighted by molar-refractivity contribution is 14.1. The molecule has 0 aliphatic heterocycles. The molecule has 0 aromatic heterocycles. The van der Waals surface area contributed by atoms with Crippen LogP contribution in [-0.4, -0.2) is 11.9 Å². The minimum Gasteiger partial charge on any atom is -0.260 e. The maximum absolute atomic E-state index is 3.24. The predicted molar refractivity (Wildman–Crippen MR) is 35.8 cm³/mol. The Labute approximate surface area is 54.1 Å². The molecule has 0 aromatic carbocycles. The van der Waals surface area contributed by atoms with Crippen molar-refractivity contribution in [2.24, 2.45) is 0 Å². The number of hydrogen-bond donors (Lipinski definition) is 1. The van der Waals surface area contributed by atoms with Crippen molar-refractivity contribution in [3.8, 4) is 0 Å². The van der Waals surface area contributed by atoms with Crippen LogP contribution < -0.4 is 3.53 Å². The summed E-state index contributed by atoms with van der Waals surface area (Å²) < 4.78 is 2.94. The molecule has 0 aliphatic carbocycles. The van der Waals surface area contributed by atoms with Crippen LogP contribution in [0.15, 0.2) is 0 Å². The summed E-state index contributed by atoms with van der Waals surface area (Å²) >= 11 is 5.35. The SMILES string of the molecule is BrCCNI. The number of hydrogen-bond acceptors (Lipinski definition) is 1. The van der Waals surface area contributed by atoms with Gasteiger partial charge in [0.2, 0.25) is 0 Å². The molecule has 0 saturated heterocycles. The van der Waals surface area contributed by atoms with Crippen LogP contribution in [0, 0.1) is 0 Å². The fourth-order valence-electron chi connectivity index (χ4n) is 0.0357. The van der Waals surface area contributed by atoms with E-state index in [0.717, 1.165) is 11.9 Å². The molecule has 0 saturated carbocycles. The number of rotatable bonds is 2. The van der Waals surface area contributed by atoms with Crippen molar-refractivity contribution >= 4 is 38.8 Å². The van der Waals surface area contributed by atoms with Crippen molar-refractivity contribution in [2.75, 3.05) is 11.9 Å². The first-order chi connectivity index (χ1) is 2.41. The topological polar surface area (TPSA) is 12.0 Å². The minimum atomic E-state index is 1.04. The summed E-state index contributed by atoms with van der Waals surface area (Å²) in [7, 11) is 0. The van der Waals surface area contributed by atoms with Crippen molar-refractivity contribution in [2.45, 2.75) is 0 Å². The lowest BCUT2D eigenvalue weighted by Gasteiger charge is -1.80. The van der Waals surface area contributed by atoms with E-state index in [9.17, 15) is 0 Å². The van der Waals surface area contributed by atoms with Crippen LogP contribution in [0.5, 0.6) is 0 Å². The Kier molecular flexibility index (Phi) is 6.38. The Morgan fingerprint density at radius 1 is 1.80 bits per heavy atom. The van der Waals surface area contributed by atoms with Gasteiger partial charge in [0.15, 0.2) is 0 Å². The van der Waals surface area contributed by atoms with Gasteiger partial charge < -0.3 is 0 Å². The molecule has 1 N–H and O–H groups in total. The molecule has 0 amide bonds. The van der Waals surface area contributed by atoms with Crippen molar-refractivity contribution < 1.29 is 0 Å². The highest BCUT2D eigenvalue weighted by atomic mass is 127. The first kappa shape index (κ1) is 6.17. The van der Waals surface area contributed by atoms with Gasteiger partial charge in [-0.05, 0) is 0 Å². The van der Waals surface area contributed by atoms with E-state index in [4.69, 9.17) is 0 Å². The van der Waals surface area contributed by atoms with Gasteiger partial charge >= 0.3 is 0 Å². The quantitative estimate of drug-likeness (QED) is 0.442. The molecule has 5 heavy (non-hydrogen) atoms. The molecule has 0 aromatic rings. The zero-order valence-corrected chi connectivity index (χ0v) is 6.41. The van der Waals surface area contributed by atoms with Crippen LogP contribution >= 0.6 is 38.8 Å². The minimum absolute atomic E-state index is 1.04. The lowest BCUT2D eigenvalue weighted by atomic mass is 10.8. The van der Waals surface area contributed by atoms with Gasteiger partial charge in [0.05, 0.1) is 0 Å². The van der Waals surface area contributed by atoms with E-state index in [1.54, 1.807) is 0 Å². The largest absolute Gasteiger partial charge is 0.260 e. The number of halogens is 2. The standard InChI is InChI=1S/C2H5BrIN/c3-1-2-5-4/h5H,1-2H2. The van der Waals surface area contributed by atoms with Crippen LogP contribution in [-0.2, 0) is 0 Å². The molecule has 0 heterocycles. The third-order valence-corrected chi connectivity index (χ3v) is 1.12. The van der Waals surface area contributed by atoms with Crippen LogP contribution in [0.3, 0.4) is 0 Å². The maximum atomic E-state index is 3.24. The summed E-state index contributed by atoms with van der Waals surface area (Å²) in [5, 5.41) is 1.04. The monoisotopic (exact) mass is 249 g/mol. The fourth-order valence-corrected chi connectivity index (χ4v) is 1.24. The smallest absolute Gasteiger partial charge is 0.0169 e. The highest BCUT2D eigenvalue weighted by Gasteiger charge is 1.68. The Balaban J connectivity index is 2.19. The molecule has 3 heteroatoms. The summed E-state index contributed by atoms with van der Waals surface area (Å²) in [6.07, 6.45) is 0. The van der Waals surface area contributed by atoms with Crippen molar-refractivity contribution in [3.05, 3.63) is 0 Å². The normalized spacial score (nSPS) is 8.40. The van der Waals surface area contributed by atoms with E-state index in [2.05, 4.69) is 42.3 Å². The molecule has 0 unspecified atom stereocenters. The van der Waals surface area contributed by atoms with Crippen LogP contribution in [0.1, 0.15) is 0 Å². The third-order valence-electron chi connectivity index (χ3n) is 0.189. The Morgan fingerprint density at radius 3 is 2.40 bits per heavy atom. The molecule has 0 radical (unpaired) electrons. The average molecular weight is 250 g/mol. The van der Waals surface area contributed by atoms with E-state index in [0.29, 0.717) is 0 Å². The van der Waals surface area contributed by atoms with Gasteiger partial charge in [-0.15, -0.1) is 0 Å². The first-order valence-corrected chi connectivity index (χ1v) is 3.51. The molecule has 32 valence electrons. The van der Waals surface area contributed by atoms with E-state index in [1.165, 1.54) is 0 Å². The van der Waals surface area contributed by atoms with Gasteiger partial charge in [0.1, 0.15) is 0 Å². The summed E-state index contributed by atoms with van der Waals surface area (Å²) in [4.78, 5) is 0. The first-order valence-electron chi connectivity index (χ1n) is 1.31. The summed E-state index contributed by atoms with van der Waals surface area (Å²) in [6.45, 7) is 1.04. The molecule has 1 nitrogen and oxygen atoms in total. The summed E-state index contributed by atoms with van der Waals surface area (Å²) in [5.74, 6) is 0. The van der Waals surface area contributed by atoms with Crippen LogP contribution in [0.4, 0.5) is 0 Å². The second-order valence-electron chi connectivity index (χ2n) is 0.573. The maximum Gasteiger partial charge on any atom is 0.0169 e. The summed E-state index contributed by atoms with van der Waals surface area (Å²) in [5.41, 5.74) is 0. The van der Waals surface area contributed by atoms with Gasteiger partial charge in [0.25, 0.3) is 0 Å². The molecule has 0 atom stereocenters. The van der Waals surface area contributed by atoms with E-state index < -0.39 is 0 Å². The Hall–Kier alpha value is 1.17. The zero-order chi connectivity index (χ0) is 4.12. The molecule has 0 spiro atoms. The number of nitrogens with one attached hydrogen (secondary N) is 1. The highest BCUT2D eigenvalue weighted by Crippen LogP contribution is 1.75. The van der Waals surface area contributed by atoms with Crippen LogP contribution in [0.2, 0.25) is 0 Å². The van der Waals surface area contributed by atoms with E-state index in [1.807, 2.05) is 0 Å². The molecular weight excluding hydrogens is 245 g/mol.